The average molecular weight is 247 g/mol. The smallest absolute Gasteiger partial charge is 0.405 e. The van der Waals surface area contributed by atoms with E-state index in [4.69, 9.17) is 14.3 Å². The van der Waals surface area contributed by atoms with Crippen LogP contribution < -0.4 is 10.1 Å². The Morgan fingerprint density at radius 3 is 2.56 bits per heavy atom. The van der Waals surface area contributed by atoms with Gasteiger partial charge in [-0.15, -0.1) is 0 Å². The van der Waals surface area contributed by atoms with Crippen molar-refractivity contribution in [1.82, 2.24) is 5.32 Å². The molecule has 1 atom stereocenters. The zero-order chi connectivity index (χ0) is 13.0. The molecule has 0 aliphatic rings. The Bertz CT molecular complexity index is 521. The topological polar surface area (TPSA) is 71.7 Å². The van der Waals surface area contributed by atoms with Gasteiger partial charge in [-0.1, -0.05) is 30.3 Å². The Morgan fingerprint density at radius 2 is 2.00 bits per heavy atom. The van der Waals surface area contributed by atoms with Crippen molar-refractivity contribution >= 4 is 6.09 Å². The molecule has 1 heterocycles. The van der Waals surface area contributed by atoms with Gasteiger partial charge in [0.15, 0.2) is 0 Å². The van der Waals surface area contributed by atoms with E-state index in [1.165, 1.54) is 7.11 Å². The summed E-state index contributed by atoms with van der Waals surface area (Å²) in [5.74, 6) is 0.832. The van der Waals surface area contributed by atoms with Crippen LogP contribution in [0.15, 0.2) is 46.9 Å². The van der Waals surface area contributed by atoms with E-state index in [2.05, 4.69) is 5.32 Å². The summed E-state index contributed by atoms with van der Waals surface area (Å²) in [6.45, 7) is 0. The molecule has 0 saturated carbocycles. The van der Waals surface area contributed by atoms with Gasteiger partial charge in [0.1, 0.15) is 11.8 Å². The van der Waals surface area contributed by atoms with Crippen molar-refractivity contribution in [2.45, 2.75) is 6.04 Å². The second kappa shape index (κ2) is 5.27. The predicted molar refractivity (Wildman–Crippen MR) is 64.7 cm³/mol. The molecule has 2 rings (SSSR count). The number of rotatable bonds is 4. The van der Waals surface area contributed by atoms with Gasteiger partial charge in [0.05, 0.1) is 7.11 Å². The van der Waals surface area contributed by atoms with Crippen LogP contribution in [0.25, 0.3) is 0 Å². The van der Waals surface area contributed by atoms with Crippen molar-refractivity contribution in [2.24, 2.45) is 0 Å². The summed E-state index contributed by atoms with van der Waals surface area (Å²) in [5.41, 5.74) is 0.803. The Kier molecular flexibility index (Phi) is 3.52. The lowest BCUT2D eigenvalue weighted by Crippen LogP contribution is -2.27. The minimum Gasteiger partial charge on any atom is -0.468 e. The van der Waals surface area contributed by atoms with Crippen molar-refractivity contribution in [3.05, 3.63) is 53.8 Å². The second-order valence-corrected chi connectivity index (χ2v) is 3.65. The van der Waals surface area contributed by atoms with Gasteiger partial charge in [0, 0.05) is 6.07 Å². The van der Waals surface area contributed by atoms with Crippen LogP contribution in [0.1, 0.15) is 17.4 Å². The number of methoxy groups -OCH3 is 1. The van der Waals surface area contributed by atoms with Crippen molar-refractivity contribution in [3.8, 4) is 5.95 Å². The number of carboxylic acid groups (broad SMARTS) is 1. The molecule has 2 aromatic rings. The lowest BCUT2D eigenvalue weighted by Gasteiger charge is -2.14. The number of benzene rings is 1. The van der Waals surface area contributed by atoms with Gasteiger partial charge in [-0.3, -0.25) is 0 Å². The van der Waals surface area contributed by atoms with E-state index in [0.29, 0.717) is 11.7 Å². The molecule has 0 bridgehead atoms. The quantitative estimate of drug-likeness (QED) is 0.871. The highest BCUT2D eigenvalue weighted by Crippen LogP contribution is 2.26. The second-order valence-electron chi connectivity index (χ2n) is 3.65. The van der Waals surface area contributed by atoms with Gasteiger partial charge in [0.25, 0.3) is 5.95 Å². The maximum Gasteiger partial charge on any atom is 0.405 e. The van der Waals surface area contributed by atoms with Crippen LogP contribution in [0, 0.1) is 0 Å². The van der Waals surface area contributed by atoms with Crippen LogP contribution in [0.2, 0.25) is 0 Å². The van der Waals surface area contributed by atoms with Gasteiger partial charge in [0.2, 0.25) is 0 Å². The van der Waals surface area contributed by atoms with Crippen LogP contribution in [-0.2, 0) is 0 Å². The first-order valence-corrected chi connectivity index (χ1v) is 5.39. The van der Waals surface area contributed by atoms with E-state index in [1.54, 1.807) is 12.1 Å². The molecule has 0 aliphatic heterocycles. The fraction of sp³-hybridized carbons (Fsp3) is 0.154. The number of carbonyl (C=O) groups is 1. The molecule has 0 spiro atoms. The molecule has 1 aromatic carbocycles. The zero-order valence-electron chi connectivity index (χ0n) is 9.79. The summed E-state index contributed by atoms with van der Waals surface area (Å²) in [5, 5.41) is 11.3. The first kappa shape index (κ1) is 12.0. The van der Waals surface area contributed by atoms with E-state index in [-0.39, 0.29) is 0 Å². The predicted octanol–water partition coefficient (Wildman–Crippen LogP) is 2.65. The fourth-order valence-electron chi connectivity index (χ4n) is 1.69. The van der Waals surface area contributed by atoms with Crippen LogP contribution in [-0.4, -0.2) is 18.3 Å². The lowest BCUT2D eigenvalue weighted by molar-refractivity contribution is 0.189. The maximum atomic E-state index is 10.8. The summed E-state index contributed by atoms with van der Waals surface area (Å²) in [6.07, 6.45) is -1.11. The van der Waals surface area contributed by atoms with Crippen molar-refractivity contribution in [2.75, 3.05) is 7.11 Å². The number of amides is 1. The number of hydrogen-bond donors (Lipinski definition) is 2. The normalized spacial score (nSPS) is 11.8. The third-order valence-corrected chi connectivity index (χ3v) is 2.49. The van der Waals surface area contributed by atoms with Gasteiger partial charge in [-0.05, 0) is 11.6 Å². The van der Waals surface area contributed by atoms with E-state index >= 15 is 0 Å². The van der Waals surface area contributed by atoms with Crippen molar-refractivity contribution in [1.29, 1.82) is 0 Å². The van der Waals surface area contributed by atoms with Crippen LogP contribution in [0.3, 0.4) is 0 Å². The Hall–Kier alpha value is -2.43. The molecule has 1 unspecified atom stereocenters. The van der Waals surface area contributed by atoms with Crippen LogP contribution in [0.5, 0.6) is 5.95 Å². The average Bonchev–Trinajstić information content (AvgIpc) is 2.85. The highest BCUT2D eigenvalue weighted by atomic mass is 16.6. The Balaban J connectivity index is 2.33. The third-order valence-electron chi connectivity index (χ3n) is 2.49. The molecule has 18 heavy (non-hydrogen) atoms. The van der Waals surface area contributed by atoms with Crippen molar-refractivity contribution < 1.29 is 19.1 Å². The van der Waals surface area contributed by atoms with E-state index < -0.39 is 12.1 Å². The monoisotopic (exact) mass is 247 g/mol. The summed E-state index contributed by atoms with van der Waals surface area (Å²) >= 11 is 0. The van der Waals surface area contributed by atoms with Crippen LogP contribution in [0.4, 0.5) is 4.79 Å². The molecule has 0 aliphatic carbocycles. The number of furan rings is 1. The standard InChI is InChI=1S/C13H13NO4/c1-17-11-8-7-10(18-11)12(14-13(15)16)9-5-3-2-4-6-9/h2-8,12,14H,1H3,(H,15,16). The maximum absolute atomic E-state index is 10.8. The largest absolute Gasteiger partial charge is 0.468 e. The fourth-order valence-corrected chi connectivity index (χ4v) is 1.69. The SMILES string of the molecule is COc1ccc(C(NC(=O)O)c2ccccc2)o1. The van der Waals surface area contributed by atoms with E-state index in [0.717, 1.165) is 5.56 Å². The summed E-state index contributed by atoms with van der Waals surface area (Å²) in [7, 11) is 1.49. The summed E-state index contributed by atoms with van der Waals surface area (Å²) in [4.78, 5) is 10.8. The number of hydrogen-bond acceptors (Lipinski definition) is 3. The Labute approximate surface area is 104 Å². The molecular weight excluding hydrogens is 234 g/mol. The summed E-state index contributed by atoms with van der Waals surface area (Å²) in [6, 6.07) is 12.0. The van der Waals surface area contributed by atoms with E-state index in [1.807, 2.05) is 30.3 Å². The highest BCUT2D eigenvalue weighted by Gasteiger charge is 2.20. The molecule has 94 valence electrons. The third kappa shape index (κ3) is 2.63. The molecule has 0 saturated heterocycles. The number of nitrogens with one attached hydrogen (secondary N) is 1. The first-order valence-electron chi connectivity index (χ1n) is 5.39. The van der Waals surface area contributed by atoms with Gasteiger partial charge < -0.3 is 19.6 Å². The molecule has 1 amide bonds. The molecular formula is C13H13NO4. The van der Waals surface area contributed by atoms with E-state index in [9.17, 15) is 4.79 Å². The minimum absolute atomic E-state index is 0.345. The summed E-state index contributed by atoms with van der Waals surface area (Å²) < 4.78 is 10.3. The number of ether oxygens (including phenoxy) is 1. The molecule has 2 N–H and O–H groups in total. The molecule has 5 nitrogen and oxygen atoms in total. The van der Waals surface area contributed by atoms with Gasteiger partial charge in [-0.25, -0.2) is 4.79 Å². The van der Waals surface area contributed by atoms with Gasteiger partial charge >= 0.3 is 6.09 Å². The van der Waals surface area contributed by atoms with Crippen LogP contribution >= 0.6 is 0 Å². The van der Waals surface area contributed by atoms with Crippen molar-refractivity contribution in [3.63, 3.8) is 0 Å². The molecule has 1 aromatic heterocycles. The Morgan fingerprint density at radius 1 is 1.28 bits per heavy atom. The minimum atomic E-state index is -1.11. The van der Waals surface area contributed by atoms with Gasteiger partial charge in [-0.2, -0.15) is 0 Å². The highest BCUT2D eigenvalue weighted by molar-refractivity contribution is 5.66. The molecule has 0 fully saturated rings. The molecule has 5 heteroatoms. The molecule has 0 radical (unpaired) electrons. The zero-order valence-corrected chi connectivity index (χ0v) is 9.79. The first-order chi connectivity index (χ1) is 8.70. The lowest BCUT2D eigenvalue weighted by atomic mass is 10.1.